The topological polar surface area (TPSA) is 46.6 Å². The van der Waals surface area contributed by atoms with Gasteiger partial charge in [-0.1, -0.05) is 42.6 Å². The van der Waals surface area contributed by atoms with Crippen LogP contribution in [0.4, 0.5) is 5.69 Å². The summed E-state index contributed by atoms with van der Waals surface area (Å²) in [6, 6.07) is 9.43. The first kappa shape index (κ1) is 18.1. The maximum atomic E-state index is 6.22. The van der Waals surface area contributed by atoms with Crippen molar-refractivity contribution in [1.29, 1.82) is 0 Å². The van der Waals surface area contributed by atoms with Crippen LogP contribution in [-0.4, -0.2) is 27.9 Å². The molecule has 0 aliphatic heterocycles. The van der Waals surface area contributed by atoms with E-state index in [1.807, 2.05) is 36.5 Å². The number of halogens is 2. The van der Waals surface area contributed by atoms with E-state index in [1.54, 1.807) is 0 Å². The van der Waals surface area contributed by atoms with Gasteiger partial charge in [0.1, 0.15) is 5.65 Å². The molecule has 3 aromatic rings. The Morgan fingerprint density at radius 1 is 1.16 bits per heavy atom. The lowest BCUT2D eigenvalue weighted by Gasteiger charge is -2.17. The van der Waals surface area contributed by atoms with Crippen LogP contribution in [0.3, 0.4) is 0 Å². The predicted octanol–water partition coefficient (Wildman–Crippen LogP) is 5.12. The molecule has 1 aromatic carbocycles. The van der Waals surface area contributed by atoms with E-state index in [2.05, 4.69) is 23.3 Å². The number of rotatable bonds is 6. The summed E-state index contributed by atoms with van der Waals surface area (Å²) in [4.78, 5) is 7.11. The van der Waals surface area contributed by atoms with Gasteiger partial charge in [-0.25, -0.2) is 4.98 Å². The molecule has 0 atom stereocenters. The van der Waals surface area contributed by atoms with Crippen molar-refractivity contribution in [3.05, 3.63) is 52.3 Å². The van der Waals surface area contributed by atoms with Gasteiger partial charge in [0.15, 0.2) is 0 Å². The Labute approximate surface area is 158 Å². The number of benzene rings is 1. The highest BCUT2D eigenvalue weighted by atomic mass is 35.5. The first-order chi connectivity index (χ1) is 12.0. The molecule has 4 nitrogen and oxygen atoms in total. The largest absolute Gasteiger partial charge is 0.398 e. The lowest BCUT2D eigenvalue weighted by molar-refractivity contribution is 0.316. The number of pyridine rings is 1. The second-order valence-corrected chi connectivity index (χ2v) is 7.13. The first-order valence-electron chi connectivity index (χ1n) is 8.40. The van der Waals surface area contributed by atoms with Crippen molar-refractivity contribution in [3.8, 4) is 11.3 Å². The summed E-state index contributed by atoms with van der Waals surface area (Å²) < 4.78 is 2.07. The minimum atomic E-state index is 0.529. The highest BCUT2D eigenvalue weighted by molar-refractivity contribution is 6.42. The van der Waals surface area contributed by atoms with Gasteiger partial charge < -0.3 is 15.0 Å². The van der Waals surface area contributed by atoms with Crippen molar-refractivity contribution in [2.75, 3.05) is 19.3 Å². The number of hydrogen-bond acceptors (Lipinski definition) is 3. The van der Waals surface area contributed by atoms with Crippen LogP contribution in [0.15, 0.2) is 36.5 Å². The van der Waals surface area contributed by atoms with Gasteiger partial charge in [-0.15, -0.1) is 0 Å². The smallest absolute Gasteiger partial charge is 0.137 e. The van der Waals surface area contributed by atoms with Crippen LogP contribution in [0.5, 0.6) is 0 Å². The fourth-order valence-corrected chi connectivity index (χ4v) is 3.20. The number of anilines is 1. The van der Waals surface area contributed by atoms with Gasteiger partial charge in [0, 0.05) is 24.0 Å². The van der Waals surface area contributed by atoms with Gasteiger partial charge in [-0.2, -0.15) is 0 Å². The zero-order chi connectivity index (χ0) is 18.0. The molecule has 0 fully saturated rings. The number of nitrogen functional groups attached to an aromatic ring is 1. The predicted molar refractivity (Wildman–Crippen MR) is 106 cm³/mol. The van der Waals surface area contributed by atoms with E-state index < -0.39 is 0 Å². The fraction of sp³-hybridized carbons (Fsp3) is 0.316. The third kappa shape index (κ3) is 3.92. The van der Waals surface area contributed by atoms with Crippen molar-refractivity contribution in [2.24, 2.45) is 0 Å². The summed E-state index contributed by atoms with van der Waals surface area (Å²) in [6.45, 7) is 4.01. The summed E-state index contributed by atoms with van der Waals surface area (Å²) in [5, 5.41) is 1.07. The molecule has 0 saturated carbocycles. The maximum Gasteiger partial charge on any atom is 0.137 e. The third-order valence-corrected chi connectivity index (χ3v) is 4.99. The van der Waals surface area contributed by atoms with Crippen molar-refractivity contribution in [3.63, 3.8) is 0 Å². The highest BCUT2D eigenvalue weighted by Crippen LogP contribution is 2.31. The molecular formula is C19H22Cl2N4. The fourth-order valence-electron chi connectivity index (χ4n) is 2.90. The molecule has 0 unspecified atom stereocenters. The molecule has 0 aliphatic carbocycles. The molecule has 2 aromatic heterocycles. The standard InChI is InChI=1S/C19H22Cl2N4/c1-3-4-9-24(2)12-17-19(13-5-7-15(20)16(21)10-13)23-18-8-6-14(22)11-25(17)18/h5-8,10-11H,3-4,9,12,22H2,1-2H3. The van der Waals surface area contributed by atoms with Crippen LogP contribution in [0.25, 0.3) is 16.9 Å². The number of unbranched alkanes of at least 4 members (excludes halogenated alkanes) is 1. The second kappa shape index (κ2) is 7.65. The number of aromatic nitrogens is 2. The Balaban J connectivity index is 2.09. The number of fused-ring (bicyclic) bond motifs is 1. The molecule has 0 radical (unpaired) electrons. The second-order valence-electron chi connectivity index (χ2n) is 6.32. The average Bonchev–Trinajstić information content (AvgIpc) is 2.93. The summed E-state index contributed by atoms with van der Waals surface area (Å²) >= 11 is 12.3. The van der Waals surface area contributed by atoms with Crippen molar-refractivity contribution in [2.45, 2.75) is 26.3 Å². The van der Waals surface area contributed by atoms with E-state index in [0.717, 1.165) is 42.1 Å². The number of imidazole rings is 1. The molecule has 0 aliphatic rings. The molecular weight excluding hydrogens is 355 g/mol. The van der Waals surface area contributed by atoms with E-state index in [9.17, 15) is 0 Å². The number of nitrogens with zero attached hydrogens (tertiary/aromatic N) is 3. The molecule has 25 heavy (non-hydrogen) atoms. The van der Waals surface area contributed by atoms with Gasteiger partial charge in [0.2, 0.25) is 0 Å². The van der Waals surface area contributed by atoms with E-state index in [1.165, 1.54) is 6.42 Å². The minimum Gasteiger partial charge on any atom is -0.398 e. The first-order valence-corrected chi connectivity index (χ1v) is 9.15. The van der Waals surface area contributed by atoms with E-state index in [4.69, 9.17) is 33.9 Å². The lowest BCUT2D eigenvalue weighted by Crippen LogP contribution is -2.20. The van der Waals surface area contributed by atoms with Crippen LogP contribution in [0.1, 0.15) is 25.5 Å². The number of nitrogens with two attached hydrogens (primary N) is 1. The summed E-state index contributed by atoms with van der Waals surface area (Å²) in [5.41, 5.74) is 10.5. The van der Waals surface area contributed by atoms with Crippen molar-refractivity contribution >= 4 is 34.5 Å². The van der Waals surface area contributed by atoms with Crippen LogP contribution in [0, 0.1) is 0 Å². The van der Waals surface area contributed by atoms with Crippen molar-refractivity contribution in [1.82, 2.24) is 14.3 Å². The quantitative estimate of drug-likeness (QED) is 0.648. The molecule has 0 amide bonds. The average molecular weight is 377 g/mol. The van der Waals surface area contributed by atoms with Crippen LogP contribution in [-0.2, 0) is 6.54 Å². The third-order valence-electron chi connectivity index (χ3n) is 4.25. The van der Waals surface area contributed by atoms with Gasteiger partial charge in [-0.05, 0) is 44.3 Å². The normalized spacial score (nSPS) is 11.6. The van der Waals surface area contributed by atoms with Crippen LogP contribution >= 0.6 is 23.2 Å². The molecule has 0 saturated heterocycles. The van der Waals surface area contributed by atoms with Crippen LogP contribution < -0.4 is 5.73 Å². The zero-order valence-electron chi connectivity index (χ0n) is 14.5. The Morgan fingerprint density at radius 3 is 2.68 bits per heavy atom. The lowest BCUT2D eigenvalue weighted by atomic mass is 10.1. The Kier molecular flexibility index (Phi) is 5.52. The molecule has 3 rings (SSSR count). The zero-order valence-corrected chi connectivity index (χ0v) is 16.0. The Hall–Kier alpha value is -1.75. The molecule has 0 bridgehead atoms. The minimum absolute atomic E-state index is 0.529. The summed E-state index contributed by atoms with van der Waals surface area (Å²) in [6.07, 6.45) is 4.26. The van der Waals surface area contributed by atoms with E-state index in [-0.39, 0.29) is 0 Å². The van der Waals surface area contributed by atoms with Gasteiger partial charge >= 0.3 is 0 Å². The molecule has 132 valence electrons. The molecule has 6 heteroatoms. The van der Waals surface area contributed by atoms with Gasteiger partial charge in [0.05, 0.1) is 21.4 Å². The monoisotopic (exact) mass is 376 g/mol. The SMILES string of the molecule is CCCCN(C)Cc1c(-c2ccc(Cl)c(Cl)c2)nc2ccc(N)cn12. The summed E-state index contributed by atoms with van der Waals surface area (Å²) in [7, 11) is 2.12. The highest BCUT2D eigenvalue weighted by Gasteiger charge is 2.16. The molecule has 0 spiro atoms. The van der Waals surface area contributed by atoms with Crippen LogP contribution in [0.2, 0.25) is 10.0 Å². The summed E-state index contributed by atoms with van der Waals surface area (Å²) in [5.74, 6) is 0. The van der Waals surface area contributed by atoms with Gasteiger partial charge in [-0.3, -0.25) is 0 Å². The number of hydrogen-bond donors (Lipinski definition) is 1. The van der Waals surface area contributed by atoms with Crippen molar-refractivity contribution < 1.29 is 0 Å². The Bertz CT molecular complexity index is 889. The van der Waals surface area contributed by atoms with Gasteiger partial charge in [0.25, 0.3) is 0 Å². The molecule has 2 N–H and O–H groups in total. The van der Waals surface area contributed by atoms with E-state index in [0.29, 0.717) is 15.7 Å². The maximum absolute atomic E-state index is 6.22. The Morgan fingerprint density at radius 2 is 1.96 bits per heavy atom. The van der Waals surface area contributed by atoms with E-state index >= 15 is 0 Å². The molecule has 2 heterocycles.